The number of hydrogen-bond donors (Lipinski definition) is 1. The molecule has 0 aliphatic heterocycles. The van der Waals surface area contributed by atoms with E-state index in [0.29, 0.717) is 5.88 Å². The lowest BCUT2D eigenvalue weighted by atomic mass is 9.96. The van der Waals surface area contributed by atoms with Crippen molar-refractivity contribution >= 4 is 39.0 Å². The maximum atomic E-state index is 5.94. The van der Waals surface area contributed by atoms with Crippen molar-refractivity contribution in [2.24, 2.45) is 5.41 Å². The summed E-state index contributed by atoms with van der Waals surface area (Å²) in [6.45, 7) is 9.31. The molecule has 0 bridgehead atoms. The summed E-state index contributed by atoms with van der Waals surface area (Å²) in [6.07, 6.45) is 1.62. The number of aryl methyl sites for hydroxylation is 2. The van der Waals surface area contributed by atoms with Gasteiger partial charge in [-0.1, -0.05) is 13.8 Å². The minimum absolute atomic E-state index is 0.0534. The standard InChI is InChI=1S/C13H18ClN3S/c1-8-9(2)18-12-10(8)11(16-7-17-12)15-6-13(3,4)5-14/h7H,5-6H2,1-4H3,(H,15,16,17). The van der Waals surface area contributed by atoms with Crippen molar-refractivity contribution < 1.29 is 0 Å². The molecule has 2 rings (SSSR count). The largest absolute Gasteiger partial charge is 0.369 e. The molecular weight excluding hydrogens is 266 g/mol. The molecule has 0 atom stereocenters. The van der Waals surface area contributed by atoms with E-state index in [0.717, 1.165) is 22.6 Å². The summed E-state index contributed by atoms with van der Waals surface area (Å²) >= 11 is 7.66. The van der Waals surface area contributed by atoms with Crippen LogP contribution in [-0.4, -0.2) is 22.4 Å². The predicted octanol–water partition coefficient (Wildman–Crippen LogP) is 3.99. The van der Waals surface area contributed by atoms with Crippen molar-refractivity contribution in [3.05, 3.63) is 16.8 Å². The number of alkyl halides is 1. The van der Waals surface area contributed by atoms with E-state index in [-0.39, 0.29) is 5.41 Å². The second-order valence-corrected chi connectivity index (χ2v) is 6.81. The summed E-state index contributed by atoms with van der Waals surface area (Å²) in [5.41, 5.74) is 1.32. The summed E-state index contributed by atoms with van der Waals surface area (Å²) in [4.78, 5) is 11.0. The number of rotatable bonds is 4. The van der Waals surface area contributed by atoms with Crippen LogP contribution in [0.2, 0.25) is 0 Å². The molecule has 0 saturated heterocycles. The lowest BCUT2D eigenvalue weighted by Gasteiger charge is -2.22. The molecule has 0 unspecified atom stereocenters. The highest BCUT2D eigenvalue weighted by atomic mass is 35.5. The first kappa shape index (κ1) is 13.6. The first-order chi connectivity index (χ1) is 8.44. The predicted molar refractivity (Wildman–Crippen MR) is 79.9 cm³/mol. The molecule has 0 fully saturated rings. The number of nitrogens with zero attached hydrogens (tertiary/aromatic N) is 2. The van der Waals surface area contributed by atoms with Gasteiger partial charge in [-0.15, -0.1) is 22.9 Å². The highest BCUT2D eigenvalue weighted by Crippen LogP contribution is 2.32. The van der Waals surface area contributed by atoms with Crippen LogP contribution in [0, 0.1) is 19.3 Å². The van der Waals surface area contributed by atoms with Gasteiger partial charge >= 0.3 is 0 Å². The third kappa shape index (κ3) is 2.59. The van der Waals surface area contributed by atoms with E-state index in [2.05, 4.69) is 43.0 Å². The first-order valence-corrected chi connectivity index (χ1v) is 7.30. The Morgan fingerprint density at radius 3 is 2.72 bits per heavy atom. The van der Waals surface area contributed by atoms with Crippen LogP contribution in [0.1, 0.15) is 24.3 Å². The van der Waals surface area contributed by atoms with Gasteiger partial charge in [-0.05, 0) is 24.8 Å². The van der Waals surface area contributed by atoms with Gasteiger partial charge in [-0.25, -0.2) is 9.97 Å². The van der Waals surface area contributed by atoms with E-state index >= 15 is 0 Å². The Morgan fingerprint density at radius 2 is 2.06 bits per heavy atom. The minimum Gasteiger partial charge on any atom is -0.369 e. The van der Waals surface area contributed by atoms with Crippen LogP contribution in [0.15, 0.2) is 6.33 Å². The van der Waals surface area contributed by atoms with E-state index in [4.69, 9.17) is 11.6 Å². The van der Waals surface area contributed by atoms with Crippen LogP contribution in [0.3, 0.4) is 0 Å². The van der Waals surface area contributed by atoms with Crippen LogP contribution >= 0.6 is 22.9 Å². The molecule has 0 spiro atoms. The fourth-order valence-corrected chi connectivity index (χ4v) is 2.78. The first-order valence-electron chi connectivity index (χ1n) is 5.95. The lowest BCUT2D eigenvalue weighted by Crippen LogP contribution is -2.25. The third-order valence-corrected chi connectivity index (χ3v) is 4.90. The number of fused-ring (bicyclic) bond motifs is 1. The summed E-state index contributed by atoms with van der Waals surface area (Å²) in [7, 11) is 0. The zero-order valence-electron chi connectivity index (χ0n) is 11.2. The van der Waals surface area contributed by atoms with E-state index in [1.807, 2.05) is 0 Å². The molecule has 2 heterocycles. The maximum absolute atomic E-state index is 5.94. The van der Waals surface area contributed by atoms with Crippen molar-refractivity contribution in [1.82, 2.24) is 9.97 Å². The van der Waals surface area contributed by atoms with E-state index in [9.17, 15) is 0 Å². The minimum atomic E-state index is 0.0534. The normalized spacial score (nSPS) is 12.1. The lowest BCUT2D eigenvalue weighted by molar-refractivity contribution is 0.450. The molecule has 2 aromatic rings. The Balaban J connectivity index is 2.34. The monoisotopic (exact) mass is 283 g/mol. The number of thiophene rings is 1. The molecule has 0 radical (unpaired) electrons. The zero-order valence-corrected chi connectivity index (χ0v) is 12.7. The topological polar surface area (TPSA) is 37.8 Å². The van der Waals surface area contributed by atoms with E-state index in [1.54, 1.807) is 17.7 Å². The third-order valence-electron chi connectivity index (χ3n) is 3.06. The molecule has 1 N–H and O–H groups in total. The SMILES string of the molecule is Cc1sc2ncnc(NCC(C)(C)CCl)c2c1C. The second kappa shape index (κ2) is 5.02. The van der Waals surface area contributed by atoms with Crippen molar-refractivity contribution in [2.45, 2.75) is 27.7 Å². The van der Waals surface area contributed by atoms with Crippen molar-refractivity contribution in [1.29, 1.82) is 0 Å². The van der Waals surface area contributed by atoms with Gasteiger partial charge in [0.1, 0.15) is 17.0 Å². The van der Waals surface area contributed by atoms with Crippen LogP contribution in [-0.2, 0) is 0 Å². The van der Waals surface area contributed by atoms with Gasteiger partial charge in [0, 0.05) is 17.3 Å². The fraction of sp³-hybridized carbons (Fsp3) is 0.538. The summed E-state index contributed by atoms with van der Waals surface area (Å²) < 4.78 is 0. The summed E-state index contributed by atoms with van der Waals surface area (Å²) in [5, 5.41) is 4.55. The number of aromatic nitrogens is 2. The zero-order chi connectivity index (χ0) is 13.3. The van der Waals surface area contributed by atoms with E-state index < -0.39 is 0 Å². The van der Waals surface area contributed by atoms with E-state index in [1.165, 1.54) is 10.4 Å². The Bertz CT molecular complexity index is 563. The van der Waals surface area contributed by atoms with Crippen LogP contribution in [0.25, 0.3) is 10.2 Å². The average molecular weight is 284 g/mol. The second-order valence-electron chi connectivity index (χ2n) is 5.34. The van der Waals surface area contributed by atoms with Gasteiger partial charge in [-0.3, -0.25) is 0 Å². The van der Waals surface area contributed by atoms with Crippen molar-refractivity contribution in [3.63, 3.8) is 0 Å². The van der Waals surface area contributed by atoms with Gasteiger partial charge in [0.05, 0.1) is 5.39 Å². The van der Waals surface area contributed by atoms with Gasteiger partial charge in [0.15, 0.2) is 0 Å². The van der Waals surface area contributed by atoms with Gasteiger partial charge in [0.25, 0.3) is 0 Å². The van der Waals surface area contributed by atoms with Gasteiger partial charge in [-0.2, -0.15) is 0 Å². The highest BCUT2D eigenvalue weighted by Gasteiger charge is 2.18. The number of anilines is 1. The Morgan fingerprint density at radius 1 is 1.33 bits per heavy atom. The molecule has 0 aromatic carbocycles. The number of hydrogen-bond acceptors (Lipinski definition) is 4. The smallest absolute Gasteiger partial charge is 0.138 e. The summed E-state index contributed by atoms with van der Waals surface area (Å²) in [6, 6.07) is 0. The molecule has 0 saturated carbocycles. The average Bonchev–Trinajstić information content (AvgIpc) is 2.63. The molecule has 3 nitrogen and oxygen atoms in total. The molecular formula is C13H18ClN3S. The molecule has 18 heavy (non-hydrogen) atoms. The van der Waals surface area contributed by atoms with Crippen molar-refractivity contribution in [2.75, 3.05) is 17.7 Å². The molecule has 0 aliphatic rings. The molecule has 0 aliphatic carbocycles. The van der Waals surface area contributed by atoms with Gasteiger partial charge < -0.3 is 5.32 Å². The maximum Gasteiger partial charge on any atom is 0.138 e. The highest BCUT2D eigenvalue weighted by molar-refractivity contribution is 7.18. The van der Waals surface area contributed by atoms with Crippen LogP contribution in [0.4, 0.5) is 5.82 Å². The van der Waals surface area contributed by atoms with Crippen molar-refractivity contribution in [3.8, 4) is 0 Å². The quantitative estimate of drug-likeness (QED) is 0.863. The van der Waals surface area contributed by atoms with Crippen LogP contribution in [0.5, 0.6) is 0 Å². The number of nitrogens with one attached hydrogen (secondary N) is 1. The van der Waals surface area contributed by atoms with Gasteiger partial charge in [0.2, 0.25) is 0 Å². The number of halogens is 1. The molecule has 0 amide bonds. The fourth-order valence-electron chi connectivity index (χ4n) is 1.69. The Kier molecular flexibility index (Phi) is 3.78. The Labute approximate surface area is 117 Å². The molecule has 2 aromatic heterocycles. The summed E-state index contributed by atoms with van der Waals surface area (Å²) in [5.74, 6) is 1.54. The van der Waals surface area contributed by atoms with Crippen LogP contribution < -0.4 is 5.32 Å². The molecule has 5 heteroatoms. The molecule has 98 valence electrons. The Hall–Kier alpha value is -0.870.